The Morgan fingerprint density at radius 3 is 2.35 bits per heavy atom. The van der Waals surface area contributed by atoms with Crippen molar-refractivity contribution in [2.45, 2.75) is 19.9 Å². The summed E-state index contributed by atoms with van der Waals surface area (Å²) < 4.78 is 28.3. The smallest absolute Gasteiger partial charge is 0.151 e. The Labute approximate surface area is 97.0 Å². The molecular formula is C11H12F2N4. The lowest BCUT2D eigenvalue weighted by Crippen LogP contribution is -2.09. The number of para-hydroxylation sites is 1. The molecule has 2 N–H and O–H groups in total. The first kappa shape index (κ1) is 11.7. The van der Waals surface area contributed by atoms with Crippen LogP contribution in [-0.2, 0) is 0 Å². The van der Waals surface area contributed by atoms with E-state index in [1.165, 1.54) is 18.2 Å². The van der Waals surface area contributed by atoms with Crippen LogP contribution in [0.5, 0.6) is 0 Å². The van der Waals surface area contributed by atoms with Gasteiger partial charge >= 0.3 is 0 Å². The third kappa shape index (κ3) is 1.91. The highest BCUT2D eigenvalue weighted by Crippen LogP contribution is 2.20. The van der Waals surface area contributed by atoms with Crippen molar-refractivity contribution < 1.29 is 8.78 Å². The van der Waals surface area contributed by atoms with Gasteiger partial charge in [0, 0.05) is 6.04 Å². The SMILES string of the molecule is Cc1c(C(C)N)nnn1-c1c(F)cccc1F. The molecule has 2 rings (SSSR count). The molecule has 1 heterocycles. The summed E-state index contributed by atoms with van der Waals surface area (Å²) in [6.07, 6.45) is 0. The number of hydrogen-bond acceptors (Lipinski definition) is 3. The normalized spacial score (nSPS) is 12.8. The van der Waals surface area contributed by atoms with E-state index in [9.17, 15) is 8.78 Å². The molecule has 1 unspecified atom stereocenters. The van der Waals surface area contributed by atoms with E-state index in [1.807, 2.05) is 0 Å². The first-order valence-corrected chi connectivity index (χ1v) is 5.14. The van der Waals surface area contributed by atoms with Gasteiger partial charge in [-0.1, -0.05) is 11.3 Å². The van der Waals surface area contributed by atoms with Crippen molar-refractivity contribution >= 4 is 0 Å². The number of benzene rings is 1. The molecule has 4 nitrogen and oxygen atoms in total. The minimum absolute atomic E-state index is 0.232. The van der Waals surface area contributed by atoms with Crippen molar-refractivity contribution in [1.29, 1.82) is 0 Å². The molecule has 0 spiro atoms. The maximum absolute atomic E-state index is 13.6. The van der Waals surface area contributed by atoms with Gasteiger partial charge in [-0.25, -0.2) is 13.5 Å². The van der Waals surface area contributed by atoms with Crippen LogP contribution in [0, 0.1) is 18.6 Å². The van der Waals surface area contributed by atoms with E-state index >= 15 is 0 Å². The van der Waals surface area contributed by atoms with Crippen LogP contribution in [0.25, 0.3) is 5.69 Å². The van der Waals surface area contributed by atoms with Crippen LogP contribution >= 0.6 is 0 Å². The Hall–Kier alpha value is -1.82. The molecule has 0 aliphatic carbocycles. The molecule has 0 aliphatic heterocycles. The molecule has 1 aromatic carbocycles. The number of halogens is 2. The molecule has 0 saturated carbocycles. The van der Waals surface area contributed by atoms with Crippen molar-refractivity contribution in [3.63, 3.8) is 0 Å². The highest BCUT2D eigenvalue weighted by atomic mass is 19.1. The molecule has 0 saturated heterocycles. The van der Waals surface area contributed by atoms with Crippen molar-refractivity contribution in [1.82, 2.24) is 15.0 Å². The number of nitrogens with two attached hydrogens (primary N) is 1. The van der Waals surface area contributed by atoms with Gasteiger partial charge in [-0.05, 0) is 26.0 Å². The molecule has 0 fully saturated rings. The van der Waals surface area contributed by atoms with Crippen LogP contribution in [0.1, 0.15) is 24.4 Å². The van der Waals surface area contributed by atoms with Crippen LogP contribution in [0.4, 0.5) is 8.78 Å². The molecule has 0 bridgehead atoms. The number of aromatic nitrogens is 3. The second-order valence-electron chi connectivity index (χ2n) is 3.83. The lowest BCUT2D eigenvalue weighted by Gasteiger charge is -2.07. The van der Waals surface area contributed by atoms with E-state index in [1.54, 1.807) is 13.8 Å². The topological polar surface area (TPSA) is 56.7 Å². The first-order valence-electron chi connectivity index (χ1n) is 5.14. The summed E-state index contributed by atoms with van der Waals surface area (Å²) in [6.45, 7) is 3.41. The van der Waals surface area contributed by atoms with Crippen LogP contribution in [-0.4, -0.2) is 15.0 Å². The zero-order valence-electron chi connectivity index (χ0n) is 9.48. The molecule has 1 aromatic heterocycles. The van der Waals surface area contributed by atoms with Crippen LogP contribution in [0.3, 0.4) is 0 Å². The molecule has 0 aliphatic rings. The van der Waals surface area contributed by atoms with E-state index in [-0.39, 0.29) is 11.7 Å². The number of nitrogens with zero attached hydrogens (tertiary/aromatic N) is 3. The molecule has 0 amide bonds. The monoisotopic (exact) mass is 238 g/mol. The predicted octanol–water partition coefficient (Wildman–Crippen LogP) is 1.87. The van der Waals surface area contributed by atoms with Crippen molar-refractivity contribution in [3.8, 4) is 5.69 Å². The highest BCUT2D eigenvalue weighted by Gasteiger charge is 2.18. The molecule has 6 heteroatoms. The quantitative estimate of drug-likeness (QED) is 0.869. The fourth-order valence-corrected chi connectivity index (χ4v) is 1.67. The van der Waals surface area contributed by atoms with E-state index in [0.29, 0.717) is 11.4 Å². The average molecular weight is 238 g/mol. The van der Waals surface area contributed by atoms with Crippen LogP contribution < -0.4 is 5.73 Å². The van der Waals surface area contributed by atoms with E-state index in [2.05, 4.69) is 10.3 Å². The molecule has 90 valence electrons. The molecule has 17 heavy (non-hydrogen) atoms. The summed E-state index contributed by atoms with van der Waals surface area (Å²) in [5.41, 5.74) is 6.50. The van der Waals surface area contributed by atoms with Crippen molar-refractivity contribution in [2.24, 2.45) is 5.73 Å². The Morgan fingerprint density at radius 1 is 1.29 bits per heavy atom. The van der Waals surface area contributed by atoms with Gasteiger partial charge in [-0.15, -0.1) is 5.10 Å². The van der Waals surface area contributed by atoms with Crippen molar-refractivity contribution in [3.05, 3.63) is 41.2 Å². The Kier molecular flexibility index (Phi) is 2.89. The van der Waals surface area contributed by atoms with E-state index < -0.39 is 11.6 Å². The largest absolute Gasteiger partial charge is 0.323 e. The summed E-state index contributed by atoms with van der Waals surface area (Å²) in [5.74, 6) is -1.37. The fourth-order valence-electron chi connectivity index (χ4n) is 1.67. The zero-order valence-corrected chi connectivity index (χ0v) is 9.48. The second kappa shape index (κ2) is 4.21. The van der Waals surface area contributed by atoms with Gasteiger partial charge in [0.1, 0.15) is 11.4 Å². The summed E-state index contributed by atoms with van der Waals surface area (Å²) in [6, 6.07) is 3.31. The minimum atomic E-state index is -0.686. The average Bonchev–Trinajstić information content (AvgIpc) is 2.61. The van der Waals surface area contributed by atoms with Gasteiger partial charge in [0.25, 0.3) is 0 Å². The summed E-state index contributed by atoms with van der Waals surface area (Å²) in [7, 11) is 0. The summed E-state index contributed by atoms with van der Waals surface area (Å²) in [4.78, 5) is 0. The Bertz CT molecular complexity index is 528. The predicted molar refractivity (Wildman–Crippen MR) is 58.6 cm³/mol. The Balaban J connectivity index is 2.62. The van der Waals surface area contributed by atoms with E-state index in [4.69, 9.17) is 5.73 Å². The molecular weight excluding hydrogens is 226 g/mol. The van der Waals surface area contributed by atoms with Gasteiger partial charge in [0.2, 0.25) is 0 Å². The molecule has 2 aromatic rings. The third-order valence-corrected chi connectivity index (χ3v) is 2.51. The fraction of sp³-hybridized carbons (Fsp3) is 0.273. The Morgan fingerprint density at radius 2 is 1.88 bits per heavy atom. The van der Waals surface area contributed by atoms with Gasteiger partial charge in [0.05, 0.1) is 5.69 Å². The zero-order chi connectivity index (χ0) is 12.6. The summed E-state index contributed by atoms with van der Waals surface area (Å²) >= 11 is 0. The second-order valence-corrected chi connectivity index (χ2v) is 3.83. The first-order chi connectivity index (χ1) is 8.02. The molecule has 1 atom stereocenters. The lowest BCUT2D eigenvalue weighted by molar-refractivity contribution is 0.553. The maximum atomic E-state index is 13.6. The van der Waals surface area contributed by atoms with Gasteiger partial charge in [-0.2, -0.15) is 0 Å². The van der Waals surface area contributed by atoms with Gasteiger partial charge in [0.15, 0.2) is 11.6 Å². The van der Waals surface area contributed by atoms with Crippen LogP contribution in [0.2, 0.25) is 0 Å². The summed E-state index contributed by atoms with van der Waals surface area (Å²) in [5, 5.41) is 7.56. The van der Waals surface area contributed by atoms with Crippen LogP contribution in [0.15, 0.2) is 18.2 Å². The number of rotatable bonds is 2. The minimum Gasteiger partial charge on any atom is -0.323 e. The third-order valence-electron chi connectivity index (χ3n) is 2.51. The van der Waals surface area contributed by atoms with E-state index in [0.717, 1.165) is 4.68 Å². The van der Waals surface area contributed by atoms with Gasteiger partial charge in [-0.3, -0.25) is 0 Å². The lowest BCUT2D eigenvalue weighted by atomic mass is 10.2. The molecule has 0 radical (unpaired) electrons. The number of hydrogen-bond donors (Lipinski definition) is 1. The maximum Gasteiger partial charge on any atom is 0.151 e. The standard InChI is InChI=1S/C11H12F2N4/c1-6(14)10-7(2)17(16-15-10)11-8(12)4-3-5-9(11)13/h3-6H,14H2,1-2H3. The van der Waals surface area contributed by atoms with Crippen molar-refractivity contribution in [2.75, 3.05) is 0 Å². The van der Waals surface area contributed by atoms with Gasteiger partial charge < -0.3 is 5.73 Å². The highest BCUT2D eigenvalue weighted by molar-refractivity contribution is 5.36.